The molecule has 1 heterocycles. The number of halogens is 1. The zero-order chi connectivity index (χ0) is 15.7. The molecule has 112 valence electrons. The first-order valence-corrected chi connectivity index (χ1v) is 7.55. The fourth-order valence-corrected chi connectivity index (χ4v) is 3.49. The van der Waals surface area contributed by atoms with E-state index in [1.54, 1.807) is 29.2 Å². The third-order valence-corrected chi connectivity index (χ3v) is 4.57. The molecule has 0 radical (unpaired) electrons. The first kappa shape index (κ1) is 14.5. The number of nitrogens with zero attached hydrogens (tertiary/aromatic N) is 2. The summed E-state index contributed by atoms with van der Waals surface area (Å²) in [4.78, 5) is 24.0. The van der Waals surface area contributed by atoms with Crippen LogP contribution in [0.5, 0.6) is 0 Å². The molecule has 1 aliphatic rings. The van der Waals surface area contributed by atoms with E-state index >= 15 is 0 Å². The summed E-state index contributed by atoms with van der Waals surface area (Å²) in [5.74, 6) is -0.117. The van der Waals surface area contributed by atoms with Gasteiger partial charge in [-0.15, -0.1) is 11.8 Å². The van der Waals surface area contributed by atoms with Crippen molar-refractivity contribution in [2.75, 3.05) is 10.7 Å². The summed E-state index contributed by atoms with van der Waals surface area (Å²) in [6, 6.07) is 11.8. The molecule has 2 aromatic carbocycles. The molecular weight excluding hydrogens is 307 g/mol. The third-order valence-electron chi connectivity index (χ3n) is 3.36. The molecule has 0 spiro atoms. The number of hydrogen-bond acceptors (Lipinski definition) is 4. The summed E-state index contributed by atoms with van der Waals surface area (Å²) in [7, 11) is 0. The van der Waals surface area contributed by atoms with E-state index in [1.807, 2.05) is 0 Å². The van der Waals surface area contributed by atoms with Gasteiger partial charge in [-0.2, -0.15) is 0 Å². The summed E-state index contributed by atoms with van der Waals surface area (Å²) >= 11 is 1.44. The second kappa shape index (κ2) is 5.76. The van der Waals surface area contributed by atoms with Crippen molar-refractivity contribution in [3.8, 4) is 0 Å². The maximum Gasteiger partial charge on any atom is 0.269 e. The van der Waals surface area contributed by atoms with Gasteiger partial charge in [0.05, 0.1) is 10.7 Å². The van der Waals surface area contributed by atoms with Crippen LogP contribution < -0.4 is 4.90 Å². The zero-order valence-corrected chi connectivity index (χ0v) is 12.1. The molecule has 1 fully saturated rings. The number of anilines is 1. The number of hydrogen-bond donors (Lipinski definition) is 0. The smallest absolute Gasteiger partial charge is 0.269 e. The number of rotatable bonds is 3. The lowest BCUT2D eigenvalue weighted by molar-refractivity contribution is -0.384. The summed E-state index contributed by atoms with van der Waals surface area (Å²) < 4.78 is 13.0. The molecule has 2 aromatic rings. The highest BCUT2D eigenvalue weighted by Gasteiger charge is 2.34. The van der Waals surface area contributed by atoms with Gasteiger partial charge in [-0.3, -0.25) is 19.8 Å². The predicted molar refractivity (Wildman–Crippen MR) is 82.2 cm³/mol. The Hall–Kier alpha value is -2.41. The maximum absolute atomic E-state index is 13.0. The second-order valence-electron chi connectivity index (χ2n) is 4.75. The topological polar surface area (TPSA) is 63.4 Å². The number of nitro benzene ring substituents is 1. The van der Waals surface area contributed by atoms with Crippen molar-refractivity contribution in [1.29, 1.82) is 0 Å². The van der Waals surface area contributed by atoms with Crippen LogP contribution in [0, 0.1) is 15.9 Å². The van der Waals surface area contributed by atoms with Gasteiger partial charge in [0.25, 0.3) is 5.69 Å². The van der Waals surface area contributed by atoms with Crippen LogP contribution in [0.1, 0.15) is 10.9 Å². The first-order chi connectivity index (χ1) is 10.6. The Labute approximate surface area is 129 Å². The van der Waals surface area contributed by atoms with Crippen molar-refractivity contribution in [1.82, 2.24) is 0 Å². The van der Waals surface area contributed by atoms with Crippen LogP contribution in [0.2, 0.25) is 0 Å². The molecule has 0 aromatic heterocycles. The van der Waals surface area contributed by atoms with E-state index in [1.165, 1.54) is 36.0 Å². The largest absolute Gasteiger partial charge is 0.295 e. The van der Waals surface area contributed by atoms with E-state index in [2.05, 4.69) is 0 Å². The van der Waals surface area contributed by atoms with Gasteiger partial charge in [-0.25, -0.2) is 4.39 Å². The molecule has 22 heavy (non-hydrogen) atoms. The van der Waals surface area contributed by atoms with Crippen molar-refractivity contribution in [2.24, 2.45) is 0 Å². The third kappa shape index (κ3) is 2.67. The van der Waals surface area contributed by atoms with E-state index in [0.29, 0.717) is 11.4 Å². The number of carbonyl (C=O) groups excluding carboxylic acids is 1. The summed E-state index contributed by atoms with van der Waals surface area (Å²) in [6.07, 6.45) is 0. The van der Waals surface area contributed by atoms with Crippen LogP contribution in [-0.4, -0.2) is 16.6 Å². The van der Waals surface area contributed by atoms with Crippen molar-refractivity contribution >= 4 is 29.0 Å². The van der Waals surface area contributed by atoms with Gasteiger partial charge in [-0.1, -0.05) is 0 Å². The molecule has 0 bridgehead atoms. The van der Waals surface area contributed by atoms with Crippen molar-refractivity contribution in [2.45, 2.75) is 5.37 Å². The number of benzene rings is 2. The van der Waals surface area contributed by atoms with Crippen molar-refractivity contribution in [3.63, 3.8) is 0 Å². The maximum atomic E-state index is 13.0. The highest BCUT2D eigenvalue weighted by molar-refractivity contribution is 8.00. The molecule has 1 amide bonds. The molecule has 1 aliphatic heterocycles. The van der Waals surface area contributed by atoms with Gasteiger partial charge in [-0.05, 0) is 42.0 Å². The minimum absolute atomic E-state index is 0.00593. The Balaban J connectivity index is 1.93. The summed E-state index contributed by atoms with van der Waals surface area (Å²) in [6.45, 7) is 0. The molecule has 7 heteroatoms. The summed E-state index contributed by atoms with van der Waals surface area (Å²) in [5, 5.41) is 10.4. The lowest BCUT2D eigenvalue weighted by Crippen LogP contribution is -2.27. The molecule has 0 aliphatic carbocycles. The second-order valence-corrected chi connectivity index (χ2v) is 5.82. The van der Waals surface area contributed by atoms with Gasteiger partial charge in [0.2, 0.25) is 5.91 Å². The first-order valence-electron chi connectivity index (χ1n) is 6.50. The monoisotopic (exact) mass is 318 g/mol. The van der Waals surface area contributed by atoms with Crippen molar-refractivity contribution in [3.05, 3.63) is 70.0 Å². The molecular formula is C15H11FN2O3S. The number of non-ortho nitro benzene ring substituents is 1. The van der Waals surface area contributed by atoms with Gasteiger partial charge in [0, 0.05) is 17.8 Å². The van der Waals surface area contributed by atoms with Gasteiger partial charge in [0.15, 0.2) is 0 Å². The number of amides is 1. The minimum Gasteiger partial charge on any atom is -0.295 e. The Morgan fingerprint density at radius 2 is 1.77 bits per heavy atom. The fourth-order valence-electron chi connectivity index (χ4n) is 2.31. The zero-order valence-electron chi connectivity index (χ0n) is 11.3. The number of carbonyl (C=O) groups is 1. The average Bonchev–Trinajstić information content (AvgIpc) is 2.90. The van der Waals surface area contributed by atoms with E-state index in [4.69, 9.17) is 0 Å². The molecule has 5 nitrogen and oxygen atoms in total. The van der Waals surface area contributed by atoms with E-state index in [-0.39, 0.29) is 22.8 Å². The standard InChI is InChI=1S/C15H11FN2O3S/c16-11-3-7-12(8-4-11)17-14(19)9-22-15(17)10-1-5-13(6-2-10)18(20)21/h1-8,15H,9H2. The van der Waals surface area contributed by atoms with Crippen LogP contribution in [-0.2, 0) is 4.79 Å². The quantitative estimate of drug-likeness (QED) is 0.642. The molecule has 1 unspecified atom stereocenters. The normalized spacial score (nSPS) is 17.8. The van der Waals surface area contributed by atoms with E-state index in [9.17, 15) is 19.3 Å². The lowest BCUT2D eigenvalue weighted by atomic mass is 10.1. The van der Waals surface area contributed by atoms with Gasteiger partial charge in [0.1, 0.15) is 11.2 Å². The number of thioether (sulfide) groups is 1. The molecule has 1 atom stereocenters. The Kier molecular flexibility index (Phi) is 3.81. The number of nitro groups is 1. The predicted octanol–water partition coefficient (Wildman–Crippen LogP) is 3.51. The Morgan fingerprint density at radius 3 is 2.36 bits per heavy atom. The van der Waals surface area contributed by atoms with Gasteiger partial charge >= 0.3 is 0 Å². The molecule has 1 saturated heterocycles. The van der Waals surface area contributed by atoms with Crippen LogP contribution in [0.4, 0.5) is 15.8 Å². The fraction of sp³-hybridized carbons (Fsp3) is 0.133. The van der Waals surface area contributed by atoms with Crippen LogP contribution in [0.25, 0.3) is 0 Å². The Morgan fingerprint density at radius 1 is 1.14 bits per heavy atom. The molecule has 3 rings (SSSR count). The highest BCUT2D eigenvalue weighted by atomic mass is 32.2. The Bertz CT molecular complexity index is 719. The van der Waals surface area contributed by atoms with E-state index in [0.717, 1.165) is 5.56 Å². The lowest BCUT2D eigenvalue weighted by Gasteiger charge is -2.24. The highest BCUT2D eigenvalue weighted by Crippen LogP contribution is 2.41. The summed E-state index contributed by atoms with van der Waals surface area (Å²) in [5.41, 5.74) is 1.41. The average molecular weight is 318 g/mol. The molecule has 0 saturated carbocycles. The minimum atomic E-state index is -0.464. The van der Waals surface area contributed by atoms with Crippen LogP contribution in [0.3, 0.4) is 0 Å². The van der Waals surface area contributed by atoms with E-state index < -0.39 is 4.92 Å². The van der Waals surface area contributed by atoms with Crippen LogP contribution in [0.15, 0.2) is 48.5 Å². The van der Waals surface area contributed by atoms with Crippen LogP contribution >= 0.6 is 11.8 Å². The molecule has 0 N–H and O–H groups in total. The van der Waals surface area contributed by atoms with Crippen molar-refractivity contribution < 1.29 is 14.1 Å². The SMILES string of the molecule is O=C1CSC(c2ccc([N+](=O)[O-])cc2)N1c1ccc(F)cc1. The van der Waals surface area contributed by atoms with Gasteiger partial charge < -0.3 is 0 Å².